The molecule has 2 heterocycles. The summed E-state index contributed by atoms with van der Waals surface area (Å²) >= 11 is 0. The zero-order valence-electron chi connectivity index (χ0n) is 11.0. The zero-order valence-corrected chi connectivity index (χ0v) is 11.0. The molecule has 4 atom stereocenters. The summed E-state index contributed by atoms with van der Waals surface area (Å²) in [5.41, 5.74) is -0.867. The Balaban J connectivity index is 2.24. The summed E-state index contributed by atoms with van der Waals surface area (Å²) in [4.78, 5) is 14.3. The highest BCUT2D eigenvalue weighted by atomic mass is 16.5. The van der Waals surface area contributed by atoms with Crippen molar-refractivity contribution in [3.8, 4) is 0 Å². The molecule has 2 aliphatic heterocycles. The zero-order chi connectivity index (χ0) is 12.6. The molecule has 0 aromatic heterocycles. The quantitative estimate of drug-likeness (QED) is 0.746. The fourth-order valence-corrected chi connectivity index (χ4v) is 3.57. The summed E-state index contributed by atoms with van der Waals surface area (Å²) in [6.45, 7) is 6.85. The number of fused-ring (bicyclic) bond motifs is 2. The van der Waals surface area contributed by atoms with Crippen molar-refractivity contribution < 1.29 is 14.6 Å². The molecule has 0 saturated carbocycles. The smallest absolute Gasteiger partial charge is 0.311 e. The van der Waals surface area contributed by atoms with Crippen molar-refractivity contribution >= 4 is 5.97 Å². The predicted octanol–water partition coefficient (Wildman–Crippen LogP) is 0.888. The number of methoxy groups -OCH3 is 1. The molecule has 0 radical (unpaired) electrons. The standard InChI is InChI=1S/C13H23NO3/c1-9(2)11(12(15)17-3)13(16)5-7-14-6-4-10(13)8-14/h9-11,16H,4-8H2,1-3H3. The van der Waals surface area contributed by atoms with Gasteiger partial charge in [-0.05, 0) is 25.3 Å². The SMILES string of the molecule is COC(=O)C(C(C)C)C1(O)CCN2CCC1C2. The lowest BCUT2D eigenvalue weighted by atomic mass is 9.69. The number of hydrogen-bond donors (Lipinski definition) is 1. The van der Waals surface area contributed by atoms with Gasteiger partial charge in [0.2, 0.25) is 0 Å². The van der Waals surface area contributed by atoms with Gasteiger partial charge in [-0.1, -0.05) is 13.8 Å². The Bertz CT molecular complexity index is 305. The van der Waals surface area contributed by atoms with E-state index in [4.69, 9.17) is 4.74 Å². The molecule has 0 aliphatic carbocycles. The van der Waals surface area contributed by atoms with Crippen LogP contribution in [0.4, 0.5) is 0 Å². The van der Waals surface area contributed by atoms with Gasteiger partial charge in [-0.15, -0.1) is 0 Å². The van der Waals surface area contributed by atoms with Gasteiger partial charge in [-0.25, -0.2) is 0 Å². The molecule has 2 rings (SSSR count). The van der Waals surface area contributed by atoms with Gasteiger partial charge >= 0.3 is 5.97 Å². The van der Waals surface area contributed by atoms with Crippen LogP contribution >= 0.6 is 0 Å². The third kappa shape index (κ3) is 2.08. The Kier molecular flexibility index (Phi) is 3.46. The summed E-state index contributed by atoms with van der Waals surface area (Å²) in [5, 5.41) is 11.0. The molecular formula is C13H23NO3. The van der Waals surface area contributed by atoms with Crippen LogP contribution in [-0.4, -0.2) is 48.3 Å². The van der Waals surface area contributed by atoms with Crippen LogP contribution in [0.3, 0.4) is 0 Å². The van der Waals surface area contributed by atoms with Gasteiger partial charge < -0.3 is 14.7 Å². The van der Waals surface area contributed by atoms with Gasteiger partial charge in [0, 0.05) is 19.0 Å². The molecule has 2 saturated heterocycles. The topological polar surface area (TPSA) is 49.8 Å². The van der Waals surface area contributed by atoms with Crippen LogP contribution in [0.25, 0.3) is 0 Å². The molecule has 4 unspecified atom stereocenters. The second-order valence-corrected chi connectivity index (χ2v) is 5.77. The van der Waals surface area contributed by atoms with E-state index in [0.29, 0.717) is 6.42 Å². The lowest BCUT2D eigenvalue weighted by Gasteiger charge is -2.44. The minimum absolute atomic E-state index is 0.111. The van der Waals surface area contributed by atoms with Gasteiger partial charge in [0.15, 0.2) is 0 Å². The maximum Gasteiger partial charge on any atom is 0.311 e. The molecule has 0 amide bonds. The average molecular weight is 241 g/mol. The Morgan fingerprint density at radius 2 is 2.18 bits per heavy atom. The lowest BCUT2D eigenvalue weighted by molar-refractivity contribution is -0.169. The first-order valence-electron chi connectivity index (χ1n) is 6.51. The molecule has 2 bridgehead atoms. The summed E-state index contributed by atoms with van der Waals surface area (Å²) in [6, 6.07) is 0. The molecule has 4 nitrogen and oxygen atoms in total. The minimum atomic E-state index is -0.867. The number of rotatable bonds is 3. The van der Waals surface area contributed by atoms with Crippen molar-refractivity contribution in [3.05, 3.63) is 0 Å². The van der Waals surface area contributed by atoms with E-state index in [2.05, 4.69) is 4.90 Å². The molecular weight excluding hydrogens is 218 g/mol. The summed E-state index contributed by atoms with van der Waals surface area (Å²) in [7, 11) is 1.41. The highest BCUT2D eigenvalue weighted by molar-refractivity contribution is 5.74. The molecule has 98 valence electrons. The largest absolute Gasteiger partial charge is 0.469 e. The predicted molar refractivity (Wildman–Crippen MR) is 64.5 cm³/mol. The van der Waals surface area contributed by atoms with Crippen molar-refractivity contribution in [2.24, 2.45) is 17.8 Å². The number of nitrogens with zero attached hydrogens (tertiary/aromatic N) is 1. The number of hydrogen-bond acceptors (Lipinski definition) is 4. The first-order valence-corrected chi connectivity index (χ1v) is 6.51. The Hall–Kier alpha value is -0.610. The second-order valence-electron chi connectivity index (χ2n) is 5.77. The maximum atomic E-state index is 11.9. The number of carbonyl (C=O) groups excluding carboxylic acids is 1. The van der Waals surface area contributed by atoms with Crippen LogP contribution in [0, 0.1) is 17.8 Å². The van der Waals surface area contributed by atoms with Gasteiger partial charge in [0.1, 0.15) is 0 Å². The summed E-state index contributed by atoms with van der Waals surface area (Å²) in [6.07, 6.45) is 1.69. The Labute approximate surface area is 103 Å². The molecule has 1 N–H and O–H groups in total. The van der Waals surface area contributed by atoms with Crippen molar-refractivity contribution in [3.63, 3.8) is 0 Å². The number of aliphatic hydroxyl groups is 1. The van der Waals surface area contributed by atoms with Crippen molar-refractivity contribution in [2.75, 3.05) is 26.7 Å². The van der Waals surface area contributed by atoms with Crippen molar-refractivity contribution in [1.82, 2.24) is 4.90 Å². The highest BCUT2D eigenvalue weighted by Crippen LogP contribution is 2.43. The van der Waals surface area contributed by atoms with Gasteiger partial charge in [0.25, 0.3) is 0 Å². The molecule has 0 aromatic rings. The van der Waals surface area contributed by atoms with E-state index in [9.17, 15) is 9.90 Å². The second kappa shape index (κ2) is 4.58. The number of esters is 1. The lowest BCUT2D eigenvalue weighted by Crippen LogP contribution is -2.55. The van der Waals surface area contributed by atoms with E-state index in [-0.39, 0.29) is 17.8 Å². The molecule has 0 aromatic carbocycles. The number of ether oxygens (including phenoxy) is 1. The fraction of sp³-hybridized carbons (Fsp3) is 0.923. The first-order chi connectivity index (χ1) is 7.99. The highest BCUT2D eigenvalue weighted by Gasteiger charge is 2.53. The molecule has 2 aliphatic rings. The van der Waals surface area contributed by atoms with E-state index < -0.39 is 11.5 Å². The third-order valence-corrected chi connectivity index (χ3v) is 4.47. The van der Waals surface area contributed by atoms with Crippen LogP contribution in [0.15, 0.2) is 0 Å². The molecule has 17 heavy (non-hydrogen) atoms. The van der Waals surface area contributed by atoms with Gasteiger partial charge in [0.05, 0.1) is 18.6 Å². The van der Waals surface area contributed by atoms with E-state index in [1.165, 1.54) is 7.11 Å². The van der Waals surface area contributed by atoms with Crippen molar-refractivity contribution in [1.29, 1.82) is 0 Å². The minimum Gasteiger partial charge on any atom is -0.469 e. The van der Waals surface area contributed by atoms with Crippen LogP contribution in [0.2, 0.25) is 0 Å². The normalized spacial score (nSPS) is 38.2. The van der Waals surface area contributed by atoms with E-state index >= 15 is 0 Å². The van der Waals surface area contributed by atoms with E-state index in [1.54, 1.807) is 0 Å². The Morgan fingerprint density at radius 1 is 1.47 bits per heavy atom. The maximum absolute atomic E-state index is 11.9. The number of piperidine rings is 1. The van der Waals surface area contributed by atoms with Crippen LogP contribution in [-0.2, 0) is 9.53 Å². The monoisotopic (exact) mass is 241 g/mol. The molecule has 2 fully saturated rings. The van der Waals surface area contributed by atoms with Crippen LogP contribution in [0.1, 0.15) is 26.7 Å². The first kappa shape index (κ1) is 12.8. The van der Waals surface area contributed by atoms with Crippen molar-refractivity contribution in [2.45, 2.75) is 32.3 Å². The number of carbonyl (C=O) groups is 1. The fourth-order valence-electron chi connectivity index (χ4n) is 3.57. The molecule has 0 spiro atoms. The van der Waals surface area contributed by atoms with Gasteiger partial charge in [-0.3, -0.25) is 4.79 Å². The molecule has 4 heteroatoms. The third-order valence-electron chi connectivity index (χ3n) is 4.47. The summed E-state index contributed by atoms with van der Waals surface area (Å²) in [5.74, 6) is -0.317. The van der Waals surface area contributed by atoms with E-state index in [0.717, 1.165) is 26.1 Å². The van der Waals surface area contributed by atoms with Crippen LogP contribution in [0.5, 0.6) is 0 Å². The van der Waals surface area contributed by atoms with E-state index in [1.807, 2.05) is 13.8 Å². The Morgan fingerprint density at radius 3 is 2.76 bits per heavy atom. The summed E-state index contributed by atoms with van der Waals surface area (Å²) < 4.78 is 4.89. The average Bonchev–Trinajstić information content (AvgIpc) is 2.69. The van der Waals surface area contributed by atoms with Gasteiger partial charge in [-0.2, -0.15) is 0 Å². The van der Waals surface area contributed by atoms with Crippen LogP contribution < -0.4 is 0 Å².